The summed E-state index contributed by atoms with van der Waals surface area (Å²) in [5, 5.41) is 11.8. The van der Waals surface area contributed by atoms with Gasteiger partial charge in [0.05, 0.1) is 5.56 Å². The predicted octanol–water partition coefficient (Wildman–Crippen LogP) is 3.60. The summed E-state index contributed by atoms with van der Waals surface area (Å²) in [4.78, 5) is 22.7. The summed E-state index contributed by atoms with van der Waals surface area (Å²) in [6, 6.07) is 4.91. The number of hydrogen-bond donors (Lipinski definition) is 2. The summed E-state index contributed by atoms with van der Waals surface area (Å²) >= 11 is 0. The Morgan fingerprint density at radius 2 is 1.95 bits per heavy atom. The highest BCUT2D eigenvalue weighted by atomic mass is 16.4. The number of carbonyl (C=O) groups excluding carboxylic acids is 1. The lowest BCUT2D eigenvalue weighted by Gasteiger charge is -2.10. The molecule has 0 fully saturated rings. The first-order chi connectivity index (χ1) is 9.06. The van der Waals surface area contributed by atoms with Crippen molar-refractivity contribution in [2.75, 3.05) is 5.32 Å². The zero-order valence-electron chi connectivity index (χ0n) is 11.5. The van der Waals surface area contributed by atoms with Crippen molar-refractivity contribution in [2.45, 2.75) is 46.0 Å². The molecule has 19 heavy (non-hydrogen) atoms. The summed E-state index contributed by atoms with van der Waals surface area (Å²) in [5.74, 6) is -1.03. The molecule has 4 heteroatoms. The molecule has 0 aromatic heterocycles. The topological polar surface area (TPSA) is 66.4 Å². The second-order valence-corrected chi connectivity index (χ2v) is 4.64. The van der Waals surface area contributed by atoms with Crippen LogP contribution in [-0.2, 0) is 4.79 Å². The van der Waals surface area contributed by atoms with Crippen LogP contribution < -0.4 is 5.32 Å². The molecule has 1 amide bonds. The van der Waals surface area contributed by atoms with Crippen LogP contribution >= 0.6 is 0 Å². The molecule has 2 N–H and O–H groups in total. The van der Waals surface area contributed by atoms with E-state index in [1.165, 1.54) is 6.07 Å². The van der Waals surface area contributed by atoms with Crippen LogP contribution in [0.2, 0.25) is 0 Å². The van der Waals surface area contributed by atoms with Gasteiger partial charge >= 0.3 is 5.97 Å². The van der Waals surface area contributed by atoms with Crippen LogP contribution in [0.1, 0.15) is 54.9 Å². The van der Waals surface area contributed by atoms with Crippen molar-refractivity contribution in [3.05, 3.63) is 29.3 Å². The van der Waals surface area contributed by atoms with Crippen LogP contribution in [0.5, 0.6) is 0 Å². The molecule has 4 nitrogen and oxygen atoms in total. The molecular weight excluding hydrogens is 242 g/mol. The first-order valence-electron chi connectivity index (χ1n) is 6.69. The van der Waals surface area contributed by atoms with Gasteiger partial charge in [0.1, 0.15) is 0 Å². The molecular formula is C15H21NO3. The number of rotatable bonds is 7. The highest BCUT2D eigenvalue weighted by Gasteiger charge is 2.11. The van der Waals surface area contributed by atoms with Gasteiger partial charge in [-0.2, -0.15) is 0 Å². The van der Waals surface area contributed by atoms with E-state index in [2.05, 4.69) is 12.2 Å². The lowest BCUT2D eigenvalue weighted by molar-refractivity contribution is -0.116. The van der Waals surface area contributed by atoms with E-state index in [9.17, 15) is 9.59 Å². The van der Waals surface area contributed by atoms with Gasteiger partial charge in [-0.05, 0) is 31.0 Å². The average Bonchev–Trinajstić information content (AvgIpc) is 2.37. The zero-order chi connectivity index (χ0) is 14.3. The molecule has 1 rings (SSSR count). The van der Waals surface area contributed by atoms with Crippen LogP contribution in [0.4, 0.5) is 5.69 Å². The summed E-state index contributed by atoms with van der Waals surface area (Å²) in [6.07, 6.45) is 4.69. The number of anilines is 1. The lowest BCUT2D eigenvalue weighted by atomic mass is 10.1. The van der Waals surface area contributed by atoms with Gasteiger partial charge in [-0.3, -0.25) is 4.79 Å². The average molecular weight is 263 g/mol. The molecule has 0 aliphatic heterocycles. The monoisotopic (exact) mass is 263 g/mol. The Hall–Kier alpha value is -1.84. The molecule has 0 heterocycles. The fraction of sp³-hybridized carbons (Fsp3) is 0.467. The van der Waals surface area contributed by atoms with E-state index in [-0.39, 0.29) is 11.5 Å². The van der Waals surface area contributed by atoms with E-state index in [0.717, 1.165) is 25.7 Å². The van der Waals surface area contributed by atoms with Gasteiger partial charge in [0, 0.05) is 12.1 Å². The van der Waals surface area contributed by atoms with E-state index in [1.54, 1.807) is 19.1 Å². The minimum Gasteiger partial charge on any atom is -0.478 e. The first kappa shape index (κ1) is 15.2. The highest BCUT2D eigenvalue weighted by Crippen LogP contribution is 2.19. The molecule has 1 aromatic carbocycles. The number of amides is 1. The lowest BCUT2D eigenvalue weighted by Crippen LogP contribution is -2.13. The van der Waals surface area contributed by atoms with Crippen molar-refractivity contribution in [1.29, 1.82) is 0 Å². The molecule has 0 aliphatic carbocycles. The molecule has 0 atom stereocenters. The van der Waals surface area contributed by atoms with Crippen molar-refractivity contribution in [1.82, 2.24) is 0 Å². The maximum absolute atomic E-state index is 11.8. The van der Waals surface area contributed by atoms with Crippen molar-refractivity contribution < 1.29 is 14.7 Å². The SMILES string of the molecule is CCCCCCC(=O)Nc1cccc(C(=O)O)c1C. The van der Waals surface area contributed by atoms with E-state index in [4.69, 9.17) is 5.11 Å². The third kappa shape index (κ3) is 4.73. The van der Waals surface area contributed by atoms with Crippen LogP contribution in [0.3, 0.4) is 0 Å². The maximum atomic E-state index is 11.8. The molecule has 0 saturated heterocycles. The maximum Gasteiger partial charge on any atom is 0.336 e. The van der Waals surface area contributed by atoms with Gasteiger partial charge in [0.2, 0.25) is 5.91 Å². The minimum atomic E-state index is -0.975. The Balaban J connectivity index is 2.59. The third-order valence-electron chi connectivity index (χ3n) is 3.10. The molecule has 0 radical (unpaired) electrons. The number of hydrogen-bond acceptors (Lipinski definition) is 2. The van der Waals surface area contributed by atoms with E-state index in [1.807, 2.05) is 0 Å². The Kier molecular flexibility index (Phi) is 6.06. The third-order valence-corrected chi connectivity index (χ3v) is 3.10. The van der Waals surface area contributed by atoms with Crippen molar-refractivity contribution >= 4 is 17.6 Å². The summed E-state index contributed by atoms with van der Waals surface area (Å²) in [5.41, 5.74) is 1.40. The molecule has 104 valence electrons. The number of unbranched alkanes of at least 4 members (excludes halogenated alkanes) is 3. The van der Waals surface area contributed by atoms with Gasteiger partial charge in [0.15, 0.2) is 0 Å². The van der Waals surface area contributed by atoms with Crippen LogP contribution in [-0.4, -0.2) is 17.0 Å². The fourth-order valence-electron chi connectivity index (χ4n) is 1.93. The Morgan fingerprint density at radius 1 is 1.21 bits per heavy atom. The van der Waals surface area contributed by atoms with Gasteiger partial charge < -0.3 is 10.4 Å². The number of nitrogens with one attached hydrogen (secondary N) is 1. The molecule has 0 bridgehead atoms. The van der Waals surface area contributed by atoms with Crippen LogP contribution in [0.15, 0.2) is 18.2 Å². The predicted molar refractivity (Wildman–Crippen MR) is 75.5 cm³/mol. The normalized spacial score (nSPS) is 10.2. The zero-order valence-corrected chi connectivity index (χ0v) is 11.5. The second kappa shape index (κ2) is 7.56. The number of carboxylic acids is 1. The summed E-state index contributed by atoms with van der Waals surface area (Å²) < 4.78 is 0. The fourth-order valence-corrected chi connectivity index (χ4v) is 1.93. The van der Waals surface area contributed by atoms with Gasteiger partial charge in [-0.15, -0.1) is 0 Å². The summed E-state index contributed by atoms with van der Waals surface area (Å²) in [7, 11) is 0. The highest BCUT2D eigenvalue weighted by molar-refractivity contribution is 5.95. The van der Waals surface area contributed by atoms with E-state index >= 15 is 0 Å². The standard InChI is InChI=1S/C15H21NO3/c1-3-4-5-6-10-14(17)16-13-9-7-8-12(11(13)2)15(18)19/h7-9H,3-6,10H2,1-2H3,(H,16,17)(H,18,19). The molecule has 0 aliphatic rings. The molecule has 1 aromatic rings. The minimum absolute atomic E-state index is 0.0539. The largest absolute Gasteiger partial charge is 0.478 e. The van der Waals surface area contributed by atoms with Crippen molar-refractivity contribution in [3.63, 3.8) is 0 Å². The van der Waals surface area contributed by atoms with Crippen molar-refractivity contribution in [3.8, 4) is 0 Å². The van der Waals surface area contributed by atoms with E-state index in [0.29, 0.717) is 17.7 Å². The number of carbonyl (C=O) groups is 2. The van der Waals surface area contributed by atoms with Gasteiger partial charge in [0.25, 0.3) is 0 Å². The molecule has 0 saturated carbocycles. The van der Waals surface area contributed by atoms with Crippen LogP contribution in [0, 0.1) is 6.92 Å². The van der Waals surface area contributed by atoms with Crippen LogP contribution in [0.25, 0.3) is 0 Å². The number of aromatic carboxylic acids is 1. The van der Waals surface area contributed by atoms with Gasteiger partial charge in [-0.1, -0.05) is 32.3 Å². The second-order valence-electron chi connectivity index (χ2n) is 4.64. The number of carboxylic acid groups (broad SMARTS) is 1. The Morgan fingerprint density at radius 3 is 2.58 bits per heavy atom. The molecule has 0 spiro atoms. The summed E-state index contributed by atoms with van der Waals surface area (Å²) in [6.45, 7) is 3.83. The Bertz CT molecular complexity index is 455. The smallest absolute Gasteiger partial charge is 0.336 e. The van der Waals surface area contributed by atoms with Crippen molar-refractivity contribution in [2.24, 2.45) is 0 Å². The number of benzene rings is 1. The van der Waals surface area contributed by atoms with Gasteiger partial charge in [-0.25, -0.2) is 4.79 Å². The Labute approximate surface area is 113 Å². The quantitative estimate of drug-likeness (QED) is 0.738. The molecule has 0 unspecified atom stereocenters. The first-order valence-corrected chi connectivity index (χ1v) is 6.69. The van der Waals surface area contributed by atoms with E-state index < -0.39 is 5.97 Å².